The van der Waals surface area contributed by atoms with Gasteiger partial charge in [0.15, 0.2) is 11.5 Å². The summed E-state index contributed by atoms with van der Waals surface area (Å²) in [5, 5.41) is 2.67. The first-order valence-electron chi connectivity index (χ1n) is 8.21. The molecule has 7 nitrogen and oxygen atoms in total. The lowest BCUT2D eigenvalue weighted by Gasteiger charge is -2.28. The third-order valence-electron chi connectivity index (χ3n) is 3.98. The van der Waals surface area contributed by atoms with Gasteiger partial charge in [-0.05, 0) is 43.3 Å². The van der Waals surface area contributed by atoms with E-state index in [1.165, 1.54) is 19.1 Å². The van der Waals surface area contributed by atoms with Crippen LogP contribution in [0.25, 0.3) is 0 Å². The summed E-state index contributed by atoms with van der Waals surface area (Å²) in [5.41, 5.74) is 0.646. The van der Waals surface area contributed by atoms with Crippen LogP contribution in [0.4, 0.5) is 15.8 Å². The summed E-state index contributed by atoms with van der Waals surface area (Å²) < 4.78 is 49.4. The second-order valence-corrected chi connectivity index (χ2v) is 7.92. The topological polar surface area (TPSA) is 84.9 Å². The van der Waals surface area contributed by atoms with Gasteiger partial charge in [0.2, 0.25) is 15.9 Å². The van der Waals surface area contributed by atoms with Crippen molar-refractivity contribution in [3.63, 3.8) is 0 Å². The highest BCUT2D eigenvalue weighted by Crippen LogP contribution is 2.32. The highest BCUT2D eigenvalue weighted by Gasteiger charge is 2.29. The van der Waals surface area contributed by atoms with E-state index in [4.69, 9.17) is 9.47 Å². The van der Waals surface area contributed by atoms with Crippen molar-refractivity contribution in [2.45, 2.75) is 13.0 Å². The number of halogens is 1. The molecule has 1 amide bonds. The van der Waals surface area contributed by atoms with Gasteiger partial charge in [0.05, 0.1) is 11.9 Å². The van der Waals surface area contributed by atoms with Gasteiger partial charge >= 0.3 is 0 Å². The Kier molecular flexibility index (Phi) is 5.22. The minimum Gasteiger partial charge on any atom is -0.486 e. The standard InChI is InChI=1S/C18H19FN2O5S/c1-12(21(27(2,23)24)15-6-3-13(19)4-7-15)18(22)20-14-5-8-16-17(11-14)26-10-9-25-16/h3-8,11-12H,9-10H2,1-2H3,(H,20,22). The van der Waals surface area contributed by atoms with E-state index < -0.39 is 27.8 Å². The molecule has 1 unspecified atom stereocenters. The van der Waals surface area contributed by atoms with Gasteiger partial charge in [-0.3, -0.25) is 9.10 Å². The largest absolute Gasteiger partial charge is 0.486 e. The number of rotatable bonds is 5. The minimum absolute atomic E-state index is 0.198. The highest BCUT2D eigenvalue weighted by atomic mass is 32.2. The number of carbonyl (C=O) groups is 1. The van der Waals surface area contributed by atoms with E-state index in [0.717, 1.165) is 22.7 Å². The van der Waals surface area contributed by atoms with Gasteiger partial charge in [0.1, 0.15) is 25.1 Å². The maximum absolute atomic E-state index is 13.2. The van der Waals surface area contributed by atoms with Crippen LogP contribution in [0.2, 0.25) is 0 Å². The van der Waals surface area contributed by atoms with Crippen molar-refractivity contribution >= 4 is 27.3 Å². The molecule has 1 aliphatic heterocycles. The number of anilines is 2. The molecule has 9 heteroatoms. The van der Waals surface area contributed by atoms with E-state index in [1.807, 2.05) is 0 Å². The van der Waals surface area contributed by atoms with Crippen LogP contribution in [-0.2, 0) is 14.8 Å². The van der Waals surface area contributed by atoms with Crippen LogP contribution in [0, 0.1) is 5.82 Å². The fourth-order valence-corrected chi connectivity index (χ4v) is 3.94. The molecule has 144 valence electrons. The Morgan fingerprint density at radius 3 is 2.37 bits per heavy atom. The molecule has 27 heavy (non-hydrogen) atoms. The molecule has 1 atom stereocenters. The first-order valence-corrected chi connectivity index (χ1v) is 10.1. The van der Waals surface area contributed by atoms with Crippen LogP contribution < -0.4 is 19.1 Å². The lowest BCUT2D eigenvalue weighted by molar-refractivity contribution is -0.116. The molecule has 2 aromatic carbocycles. The van der Waals surface area contributed by atoms with E-state index in [2.05, 4.69) is 5.32 Å². The maximum Gasteiger partial charge on any atom is 0.247 e. The van der Waals surface area contributed by atoms with Crippen LogP contribution >= 0.6 is 0 Å². The molecule has 0 spiro atoms. The molecule has 0 saturated heterocycles. The van der Waals surface area contributed by atoms with Gasteiger partial charge in [-0.15, -0.1) is 0 Å². The van der Waals surface area contributed by atoms with E-state index in [1.54, 1.807) is 18.2 Å². The third kappa shape index (κ3) is 4.30. The monoisotopic (exact) mass is 394 g/mol. The normalized spacial score (nSPS) is 14.3. The summed E-state index contributed by atoms with van der Waals surface area (Å²) in [4.78, 5) is 12.6. The average Bonchev–Trinajstić information content (AvgIpc) is 2.62. The summed E-state index contributed by atoms with van der Waals surface area (Å²) in [5.74, 6) is 0.0450. The predicted molar refractivity (Wildman–Crippen MR) is 99.2 cm³/mol. The number of amides is 1. The Morgan fingerprint density at radius 1 is 1.11 bits per heavy atom. The Labute approximate surface area is 156 Å². The number of nitrogens with zero attached hydrogens (tertiary/aromatic N) is 1. The van der Waals surface area contributed by atoms with Crippen molar-refractivity contribution < 1.29 is 27.1 Å². The molecule has 1 N–H and O–H groups in total. The summed E-state index contributed by atoms with van der Waals surface area (Å²) in [6.07, 6.45) is 0.990. The number of carbonyl (C=O) groups excluding carboxylic acids is 1. The molecule has 0 fully saturated rings. The molecule has 2 aromatic rings. The summed E-state index contributed by atoms with van der Waals surface area (Å²) in [7, 11) is -3.78. The van der Waals surface area contributed by atoms with Crippen LogP contribution in [-0.4, -0.2) is 39.8 Å². The molecule has 1 aliphatic rings. The fraction of sp³-hybridized carbons (Fsp3) is 0.278. The molecule has 0 aliphatic carbocycles. The van der Waals surface area contributed by atoms with Crippen molar-refractivity contribution in [1.29, 1.82) is 0 Å². The van der Waals surface area contributed by atoms with Crippen molar-refractivity contribution in [1.82, 2.24) is 0 Å². The van der Waals surface area contributed by atoms with Crippen molar-refractivity contribution in [3.8, 4) is 11.5 Å². The van der Waals surface area contributed by atoms with E-state index in [0.29, 0.717) is 30.4 Å². The molecule has 0 bridgehead atoms. The number of fused-ring (bicyclic) bond motifs is 1. The first kappa shape index (κ1) is 19.0. The van der Waals surface area contributed by atoms with Gasteiger partial charge in [0.25, 0.3) is 0 Å². The van der Waals surface area contributed by atoms with E-state index in [-0.39, 0.29) is 5.69 Å². The molecule has 1 heterocycles. The zero-order valence-electron chi connectivity index (χ0n) is 14.8. The van der Waals surface area contributed by atoms with Gasteiger partial charge in [-0.1, -0.05) is 0 Å². The Morgan fingerprint density at radius 2 is 1.74 bits per heavy atom. The van der Waals surface area contributed by atoms with E-state index in [9.17, 15) is 17.6 Å². The Bertz CT molecular complexity index is 947. The number of hydrogen-bond acceptors (Lipinski definition) is 5. The van der Waals surface area contributed by atoms with Crippen LogP contribution in [0.1, 0.15) is 6.92 Å². The number of nitrogens with one attached hydrogen (secondary N) is 1. The van der Waals surface area contributed by atoms with Crippen molar-refractivity contribution in [3.05, 3.63) is 48.3 Å². The maximum atomic E-state index is 13.2. The van der Waals surface area contributed by atoms with Crippen molar-refractivity contribution in [2.24, 2.45) is 0 Å². The molecular weight excluding hydrogens is 375 g/mol. The SMILES string of the molecule is CC(C(=O)Nc1ccc2c(c1)OCCO2)N(c1ccc(F)cc1)S(C)(=O)=O. The molecular formula is C18H19FN2O5S. The molecule has 0 saturated carbocycles. The summed E-state index contributed by atoms with van der Waals surface area (Å²) in [6, 6.07) is 8.76. The van der Waals surface area contributed by atoms with Crippen LogP contribution in [0.15, 0.2) is 42.5 Å². The predicted octanol–water partition coefficient (Wildman–Crippen LogP) is 2.39. The van der Waals surface area contributed by atoms with Gasteiger partial charge in [0, 0.05) is 11.8 Å². The second kappa shape index (κ2) is 7.43. The average molecular weight is 394 g/mol. The smallest absolute Gasteiger partial charge is 0.247 e. The number of sulfonamides is 1. The van der Waals surface area contributed by atoms with Gasteiger partial charge in [-0.2, -0.15) is 0 Å². The first-order chi connectivity index (χ1) is 12.8. The zero-order chi connectivity index (χ0) is 19.6. The van der Waals surface area contributed by atoms with E-state index >= 15 is 0 Å². The van der Waals surface area contributed by atoms with Crippen LogP contribution in [0.5, 0.6) is 11.5 Å². The zero-order valence-corrected chi connectivity index (χ0v) is 15.6. The van der Waals surface area contributed by atoms with Crippen molar-refractivity contribution in [2.75, 3.05) is 29.1 Å². The van der Waals surface area contributed by atoms with Crippen LogP contribution in [0.3, 0.4) is 0 Å². The Balaban J connectivity index is 1.82. The molecule has 0 aromatic heterocycles. The summed E-state index contributed by atoms with van der Waals surface area (Å²) in [6.45, 7) is 2.32. The highest BCUT2D eigenvalue weighted by molar-refractivity contribution is 7.92. The third-order valence-corrected chi connectivity index (χ3v) is 5.22. The Hall–Kier alpha value is -2.81. The molecule has 3 rings (SSSR count). The second-order valence-electron chi connectivity index (χ2n) is 6.06. The number of hydrogen-bond donors (Lipinski definition) is 1. The number of benzene rings is 2. The van der Waals surface area contributed by atoms with Gasteiger partial charge in [-0.25, -0.2) is 12.8 Å². The lowest BCUT2D eigenvalue weighted by atomic mass is 10.2. The lowest BCUT2D eigenvalue weighted by Crippen LogP contribution is -2.45. The fourth-order valence-electron chi connectivity index (χ4n) is 2.76. The minimum atomic E-state index is -3.78. The van der Waals surface area contributed by atoms with Gasteiger partial charge < -0.3 is 14.8 Å². The summed E-state index contributed by atoms with van der Waals surface area (Å²) >= 11 is 0. The molecule has 0 radical (unpaired) electrons. The number of ether oxygens (including phenoxy) is 2. The quantitative estimate of drug-likeness (QED) is 0.842.